The number of rotatable bonds is 3. The van der Waals surface area contributed by atoms with E-state index in [4.69, 9.17) is 0 Å². The molecule has 1 saturated heterocycles. The average molecular weight is 311 g/mol. The van der Waals surface area contributed by atoms with Gasteiger partial charge in [0.2, 0.25) is 10.0 Å². The zero-order valence-corrected chi connectivity index (χ0v) is 14.3. The lowest BCUT2D eigenvalue weighted by Gasteiger charge is -2.23. The molecule has 2 rings (SSSR count). The molecule has 0 bridgehead atoms. The predicted molar refractivity (Wildman–Crippen MR) is 84.1 cm³/mol. The fourth-order valence-corrected chi connectivity index (χ4v) is 5.24. The Balaban J connectivity index is 2.56. The van der Waals surface area contributed by atoms with Crippen molar-refractivity contribution >= 4 is 10.0 Å². The average Bonchev–Trinajstić information content (AvgIpc) is 2.92. The van der Waals surface area contributed by atoms with Gasteiger partial charge >= 0.3 is 0 Å². The molecular formula is C16H25NO3S. The standard InChI is InChI=1S/C16H25NO3S/c1-10-11(2)13(4)16(14(5)12(10)3)21(19,20)17-7-6-15(8-17)9-18/h15,18H,6-9H2,1-5H3. The molecule has 0 aromatic heterocycles. The third-order valence-corrected chi connectivity index (χ3v) is 7.18. The van der Waals surface area contributed by atoms with Gasteiger partial charge in [0.15, 0.2) is 0 Å². The molecule has 1 aliphatic rings. The second kappa shape index (κ2) is 5.71. The summed E-state index contributed by atoms with van der Waals surface area (Å²) in [7, 11) is -3.48. The lowest BCUT2D eigenvalue weighted by molar-refractivity contribution is 0.233. The van der Waals surface area contributed by atoms with Crippen LogP contribution >= 0.6 is 0 Å². The highest BCUT2D eigenvalue weighted by Gasteiger charge is 2.34. The first-order chi connectivity index (χ1) is 9.71. The zero-order chi connectivity index (χ0) is 15.9. The summed E-state index contributed by atoms with van der Waals surface area (Å²) in [6, 6.07) is 0. The van der Waals surface area contributed by atoms with Crippen LogP contribution in [0.5, 0.6) is 0 Å². The largest absolute Gasteiger partial charge is 0.396 e. The van der Waals surface area contributed by atoms with Crippen LogP contribution < -0.4 is 0 Å². The molecule has 0 spiro atoms. The van der Waals surface area contributed by atoms with Crippen LogP contribution in [0.25, 0.3) is 0 Å². The maximum atomic E-state index is 13.0. The van der Waals surface area contributed by atoms with Crippen LogP contribution in [0.1, 0.15) is 34.2 Å². The van der Waals surface area contributed by atoms with Crippen LogP contribution in [0, 0.1) is 40.5 Å². The van der Waals surface area contributed by atoms with Gasteiger partial charge in [-0.25, -0.2) is 8.42 Å². The van der Waals surface area contributed by atoms with Crippen molar-refractivity contribution in [2.45, 2.75) is 45.9 Å². The van der Waals surface area contributed by atoms with E-state index >= 15 is 0 Å². The Morgan fingerprint density at radius 3 is 1.90 bits per heavy atom. The lowest BCUT2D eigenvalue weighted by atomic mass is 9.95. The summed E-state index contributed by atoms with van der Waals surface area (Å²) < 4.78 is 27.5. The number of hydrogen-bond acceptors (Lipinski definition) is 3. The van der Waals surface area contributed by atoms with Crippen molar-refractivity contribution in [2.75, 3.05) is 19.7 Å². The third-order valence-electron chi connectivity index (χ3n) is 5.04. The predicted octanol–water partition coefficient (Wildman–Crippen LogP) is 2.23. The van der Waals surface area contributed by atoms with E-state index in [0.717, 1.165) is 28.7 Å². The first kappa shape index (κ1) is 16.5. The Kier molecular flexibility index (Phi) is 4.47. The van der Waals surface area contributed by atoms with Crippen molar-refractivity contribution in [3.05, 3.63) is 27.8 Å². The van der Waals surface area contributed by atoms with Gasteiger partial charge in [-0.1, -0.05) is 0 Å². The Hall–Kier alpha value is -0.910. The summed E-state index contributed by atoms with van der Waals surface area (Å²) in [4.78, 5) is 0.460. The molecular weight excluding hydrogens is 286 g/mol. The molecule has 1 atom stereocenters. The molecule has 1 aliphatic heterocycles. The molecule has 0 saturated carbocycles. The van der Waals surface area contributed by atoms with E-state index in [0.29, 0.717) is 18.0 Å². The highest BCUT2D eigenvalue weighted by molar-refractivity contribution is 7.89. The van der Waals surface area contributed by atoms with Crippen molar-refractivity contribution in [1.82, 2.24) is 4.31 Å². The molecule has 0 aliphatic carbocycles. The molecule has 1 aromatic carbocycles. The van der Waals surface area contributed by atoms with Gasteiger partial charge in [0, 0.05) is 19.7 Å². The normalized spacial score (nSPS) is 20.2. The second-order valence-electron chi connectivity index (χ2n) is 6.15. The summed E-state index contributed by atoms with van der Waals surface area (Å²) >= 11 is 0. The van der Waals surface area contributed by atoms with Gasteiger partial charge in [-0.3, -0.25) is 0 Å². The maximum absolute atomic E-state index is 13.0. The van der Waals surface area contributed by atoms with Gasteiger partial charge in [-0.15, -0.1) is 0 Å². The minimum Gasteiger partial charge on any atom is -0.396 e. The zero-order valence-electron chi connectivity index (χ0n) is 13.5. The van der Waals surface area contributed by atoms with Crippen molar-refractivity contribution < 1.29 is 13.5 Å². The van der Waals surface area contributed by atoms with Crippen LogP contribution in [0.2, 0.25) is 0 Å². The number of aliphatic hydroxyl groups is 1. The lowest BCUT2D eigenvalue weighted by Crippen LogP contribution is -2.31. The Bertz CT molecular complexity index is 636. The third kappa shape index (κ3) is 2.62. The molecule has 118 valence electrons. The SMILES string of the molecule is Cc1c(C)c(C)c(S(=O)(=O)N2CCC(CO)C2)c(C)c1C. The Labute approximate surface area is 127 Å². The highest BCUT2D eigenvalue weighted by atomic mass is 32.2. The fourth-order valence-electron chi connectivity index (χ4n) is 3.15. The van der Waals surface area contributed by atoms with Crippen molar-refractivity contribution in [3.63, 3.8) is 0 Å². The van der Waals surface area contributed by atoms with Gasteiger partial charge in [-0.05, 0) is 74.8 Å². The van der Waals surface area contributed by atoms with Gasteiger partial charge in [0.05, 0.1) is 4.90 Å². The van der Waals surface area contributed by atoms with Gasteiger partial charge < -0.3 is 5.11 Å². The topological polar surface area (TPSA) is 57.6 Å². The summed E-state index contributed by atoms with van der Waals surface area (Å²) in [6.45, 7) is 10.8. The van der Waals surface area contributed by atoms with Crippen molar-refractivity contribution in [1.29, 1.82) is 0 Å². The Morgan fingerprint density at radius 2 is 1.48 bits per heavy atom. The van der Waals surface area contributed by atoms with E-state index in [1.807, 2.05) is 34.6 Å². The smallest absolute Gasteiger partial charge is 0.243 e. The minimum absolute atomic E-state index is 0.0515. The maximum Gasteiger partial charge on any atom is 0.243 e. The van der Waals surface area contributed by atoms with Crippen LogP contribution in [0.3, 0.4) is 0 Å². The number of benzene rings is 1. The van der Waals surface area contributed by atoms with E-state index in [2.05, 4.69) is 0 Å². The Morgan fingerprint density at radius 1 is 1.00 bits per heavy atom. The number of hydrogen-bond donors (Lipinski definition) is 1. The molecule has 0 amide bonds. The van der Waals surface area contributed by atoms with E-state index in [1.165, 1.54) is 9.87 Å². The molecule has 21 heavy (non-hydrogen) atoms. The quantitative estimate of drug-likeness (QED) is 0.931. The molecule has 5 heteroatoms. The van der Waals surface area contributed by atoms with Gasteiger partial charge in [0.25, 0.3) is 0 Å². The summed E-state index contributed by atoms with van der Waals surface area (Å²) in [5.41, 5.74) is 4.97. The van der Waals surface area contributed by atoms with Crippen LogP contribution in [-0.4, -0.2) is 37.5 Å². The number of nitrogens with zero attached hydrogens (tertiary/aromatic N) is 1. The molecule has 1 aromatic rings. The summed E-state index contributed by atoms with van der Waals surface area (Å²) in [5.74, 6) is 0.0630. The number of sulfonamides is 1. The van der Waals surface area contributed by atoms with Crippen LogP contribution in [0.4, 0.5) is 0 Å². The monoisotopic (exact) mass is 311 g/mol. The summed E-state index contributed by atoms with van der Waals surface area (Å²) in [5, 5.41) is 9.23. The minimum atomic E-state index is -3.48. The fraction of sp³-hybridized carbons (Fsp3) is 0.625. The van der Waals surface area contributed by atoms with E-state index < -0.39 is 10.0 Å². The van der Waals surface area contributed by atoms with E-state index in [9.17, 15) is 13.5 Å². The molecule has 1 heterocycles. The molecule has 1 fully saturated rings. The van der Waals surface area contributed by atoms with Crippen molar-refractivity contribution in [2.24, 2.45) is 5.92 Å². The van der Waals surface area contributed by atoms with Crippen molar-refractivity contribution in [3.8, 4) is 0 Å². The van der Waals surface area contributed by atoms with Gasteiger partial charge in [0.1, 0.15) is 0 Å². The summed E-state index contributed by atoms with van der Waals surface area (Å²) in [6.07, 6.45) is 0.734. The molecule has 0 radical (unpaired) electrons. The molecule has 1 N–H and O–H groups in total. The van der Waals surface area contributed by atoms with Crippen LogP contribution in [0.15, 0.2) is 4.90 Å². The van der Waals surface area contributed by atoms with E-state index in [-0.39, 0.29) is 12.5 Å². The van der Waals surface area contributed by atoms with Gasteiger partial charge in [-0.2, -0.15) is 4.31 Å². The second-order valence-corrected chi connectivity index (χ2v) is 8.03. The highest BCUT2D eigenvalue weighted by Crippen LogP contribution is 2.33. The first-order valence-electron chi connectivity index (χ1n) is 7.39. The molecule has 1 unspecified atom stereocenters. The molecule has 4 nitrogen and oxygen atoms in total. The number of aliphatic hydroxyl groups excluding tert-OH is 1. The van der Waals surface area contributed by atoms with Crippen LogP contribution in [-0.2, 0) is 10.0 Å². The first-order valence-corrected chi connectivity index (χ1v) is 8.83. The van der Waals surface area contributed by atoms with E-state index in [1.54, 1.807) is 0 Å².